The van der Waals surface area contributed by atoms with Crippen molar-refractivity contribution in [3.8, 4) is 0 Å². The van der Waals surface area contributed by atoms with Crippen LogP contribution >= 0.6 is 38.5 Å². The summed E-state index contributed by atoms with van der Waals surface area (Å²) in [7, 11) is 0. The maximum absolute atomic E-state index is 12.6. The summed E-state index contributed by atoms with van der Waals surface area (Å²) in [5, 5.41) is 0. The molecule has 2 aliphatic carbocycles. The van der Waals surface area contributed by atoms with Gasteiger partial charge in [-0.2, -0.15) is 0 Å². The van der Waals surface area contributed by atoms with Gasteiger partial charge in [0, 0.05) is 16.3 Å². The average Bonchev–Trinajstić information content (AvgIpc) is 2.70. The van der Waals surface area contributed by atoms with Crippen molar-refractivity contribution in [2.75, 3.05) is 11.0 Å². The second-order valence-corrected chi connectivity index (χ2v) is 9.87. The summed E-state index contributed by atoms with van der Waals surface area (Å²) in [4.78, 5) is 24.8. The Balaban J connectivity index is 2.06. The van der Waals surface area contributed by atoms with Crippen LogP contribution in [-0.2, 0) is 14.3 Å². The molecule has 0 spiro atoms. The lowest BCUT2D eigenvalue weighted by atomic mass is 9.80. The van der Waals surface area contributed by atoms with Crippen molar-refractivity contribution in [1.29, 1.82) is 0 Å². The number of carbonyl (C=O) groups excluding carboxylic acids is 2. The number of rotatable bonds is 4. The number of halogens is 2. The zero-order valence-electron chi connectivity index (χ0n) is 13.0. The molecule has 2 rings (SSSR count). The Morgan fingerprint density at radius 1 is 1.52 bits per heavy atom. The average molecular weight is 471 g/mol. The number of carbonyl (C=O) groups is 2. The number of ether oxygens (including phenoxy) is 1. The van der Waals surface area contributed by atoms with Crippen molar-refractivity contribution in [3.05, 3.63) is 0 Å². The molecule has 0 aliphatic heterocycles. The van der Waals surface area contributed by atoms with Gasteiger partial charge in [0.25, 0.3) is 0 Å². The third-order valence-electron chi connectivity index (χ3n) is 4.86. The molecule has 0 saturated heterocycles. The monoisotopic (exact) mass is 470 g/mol. The molecule has 0 N–H and O–H groups in total. The molecule has 2 saturated carbocycles. The summed E-state index contributed by atoms with van der Waals surface area (Å²) >= 11 is 5.99. The molecule has 0 aromatic rings. The van der Waals surface area contributed by atoms with Gasteiger partial charge in [0.15, 0.2) is 0 Å². The summed E-state index contributed by atoms with van der Waals surface area (Å²) in [5.74, 6) is 0.401. The number of fused-ring (bicyclic) bond motifs is 1. The highest BCUT2D eigenvalue weighted by Crippen LogP contribution is 2.57. The van der Waals surface area contributed by atoms with Crippen molar-refractivity contribution in [1.82, 2.24) is 0 Å². The van der Waals surface area contributed by atoms with E-state index >= 15 is 0 Å². The largest absolute Gasteiger partial charge is 0.465 e. The fourth-order valence-electron chi connectivity index (χ4n) is 3.49. The maximum atomic E-state index is 12.6. The molecule has 5 heteroatoms. The molecule has 0 amide bonds. The van der Waals surface area contributed by atoms with Crippen LogP contribution < -0.4 is 0 Å². The Morgan fingerprint density at radius 3 is 2.76 bits per heavy atom. The van der Waals surface area contributed by atoms with Gasteiger partial charge < -0.3 is 4.74 Å². The third-order valence-corrected chi connectivity index (χ3v) is 8.30. The number of Topliss-reactive ketones (excluding diaryl/α,β-unsaturated/α-hetero) is 1. The first kappa shape index (κ1) is 17.7. The fourth-order valence-corrected chi connectivity index (χ4v) is 4.92. The molecular weight excluding hydrogens is 447 g/mol. The zero-order chi connectivity index (χ0) is 15.9. The van der Waals surface area contributed by atoms with Crippen LogP contribution in [0.4, 0.5) is 0 Å². The Hall–Kier alpha value is 0.350. The maximum Gasteiger partial charge on any atom is 0.311 e. The number of ketones is 1. The zero-order valence-corrected chi connectivity index (χ0v) is 16.8. The Bertz CT molecular complexity index is 451. The molecule has 21 heavy (non-hydrogen) atoms. The molecule has 0 aromatic heterocycles. The van der Waals surface area contributed by atoms with Crippen LogP contribution in [0.5, 0.6) is 0 Å². The second kappa shape index (κ2) is 6.10. The van der Waals surface area contributed by atoms with E-state index in [0.29, 0.717) is 19.4 Å². The first-order valence-electron chi connectivity index (χ1n) is 7.58. The minimum absolute atomic E-state index is 0.000146. The highest BCUT2D eigenvalue weighted by atomic mass is 127. The van der Waals surface area contributed by atoms with E-state index in [1.165, 1.54) is 0 Å². The molecular formula is C16H24BrIO3. The van der Waals surface area contributed by atoms with E-state index in [9.17, 15) is 9.59 Å². The van der Waals surface area contributed by atoms with Gasteiger partial charge in [-0.05, 0) is 38.5 Å². The van der Waals surface area contributed by atoms with Gasteiger partial charge in [0.05, 0.1) is 16.3 Å². The molecule has 120 valence electrons. The fraction of sp³-hybridized carbons (Fsp3) is 0.875. The van der Waals surface area contributed by atoms with Gasteiger partial charge in [0.1, 0.15) is 5.78 Å². The number of hydrogen-bond donors (Lipinski definition) is 0. The lowest BCUT2D eigenvalue weighted by Crippen LogP contribution is -2.40. The van der Waals surface area contributed by atoms with Gasteiger partial charge >= 0.3 is 5.97 Å². The predicted molar refractivity (Wildman–Crippen MR) is 95.0 cm³/mol. The highest BCUT2D eigenvalue weighted by Gasteiger charge is 2.59. The van der Waals surface area contributed by atoms with Crippen molar-refractivity contribution in [2.24, 2.45) is 16.7 Å². The molecule has 2 fully saturated rings. The molecule has 3 atom stereocenters. The summed E-state index contributed by atoms with van der Waals surface area (Å²) < 4.78 is 6.05. The van der Waals surface area contributed by atoms with Crippen LogP contribution in [0.3, 0.4) is 0 Å². The van der Waals surface area contributed by atoms with Gasteiger partial charge in [0.2, 0.25) is 0 Å². The molecule has 0 aromatic carbocycles. The van der Waals surface area contributed by atoms with Crippen molar-refractivity contribution in [2.45, 2.75) is 57.2 Å². The van der Waals surface area contributed by atoms with E-state index in [1.807, 2.05) is 6.92 Å². The number of hydrogen-bond acceptors (Lipinski definition) is 3. The van der Waals surface area contributed by atoms with Crippen LogP contribution in [0.25, 0.3) is 0 Å². The first-order chi connectivity index (χ1) is 9.63. The quantitative estimate of drug-likeness (QED) is 0.349. The smallest absolute Gasteiger partial charge is 0.311 e. The van der Waals surface area contributed by atoms with E-state index in [0.717, 1.165) is 23.7 Å². The Kier molecular flexibility index (Phi) is 5.14. The van der Waals surface area contributed by atoms with Crippen LogP contribution in [0.2, 0.25) is 0 Å². The van der Waals surface area contributed by atoms with Crippen LogP contribution in [0.1, 0.15) is 52.9 Å². The van der Waals surface area contributed by atoms with Crippen LogP contribution in [-0.4, -0.2) is 27.1 Å². The van der Waals surface area contributed by atoms with E-state index in [4.69, 9.17) is 4.74 Å². The molecule has 3 nitrogen and oxygen atoms in total. The second-order valence-electron chi connectivity index (χ2n) is 7.69. The third kappa shape index (κ3) is 3.48. The summed E-state index contributed by atoms with van der Waals surface area (Å²) in [6.45, 7) is 6.59. The Labute approximate surface area is 149 Å². The first-order valence-corrected chi connectivity index (χ1v) is 9.90. The van der Waals surface area contributed by atoms with E-state index < -0.39 is 9.74 Å². The number of alkyl halides is 2. The lowest BCUT2D eigenvalue weighted by Gasteiger charge is -2.32. The summed E-state index contributed by atoms with van der Waals surface area (Å²) in [6, 6.07) is 0. The lowest BCUT2D eigenvalue weighted by molar-refractivity contribution is -0.157. The minimum atomic E-state index is -0.532. The summed E-state index contributed by atoms with van der Waals surface area (Å²) in [5.41, 5.74) is -0.532. The Morgan fingerprint density at radius 2 is 2.19 bits per heavy atom. The molecule has 0 heterocycles. The molecule has 0 bridgehead atoms. The predicted octanol–water partition coefficient (Wildman–Crippen LogP) is 4.29. The van der Waals surface area contributed by atoms with E-state index in [1.54, 1.807) is 0 Å². The topological polar surface area (TPSA) is 43.4 Å². The van der Waals surface area contributed by atoms with Gasteiger partial charge in [-0.15, -0.1) is 0 Å². The number of esters is 1. The van der Waals surface area contributed by atoms with Crippen molar-refractivity contribution >= 4 is 50.3 Å². The van der Waals surface area contributed by atoms with Gasteiger partial charge in [-0.3, -0.25) is 9.59 Å². The normalized spacial score (nSPS) is 36.4. The van der Waals surface area contributed by atoms with E-state index in [2.05, 4.69) is 52.4 Å². The van der Waals surface area contributed by atoms with Gasteiger partial charge in [-0.25, -0.2) is 0 Å². The van der Waals surface area contributed by atoms with Crippen LogP contribution in [0.15, 0.2) is 0 Å². The van der Waals surface area contributed by atoms with Crippen molar-refractivity contribution in [3.63, 3.8) is 0 Å². The van der Waals surface area contributed by atoms with Crippen molar-refractivity contribution < 1.29 is 14.3 Å². The summed E-state index contributed by atoms with van der Waals surface area (Å²) in [6.07, 6.45) is 3.94. The molecule has 0 radical (unpaired) electrons. The minimum Gasteiger partial charge on any atom is -0.465 e. The van der Waals surface area contributed by atoms with Crippen LogP contribution in [0, 0.1) is 16.7 Å². The van der Waals surface area contributed by atoms with E-state index in [-0.39, 0.29) is 23.1 Å². The highest BCUT2D eigenvalue weighted by molar-refractivity contribution is 14.1. The standard InChI is InChI=1S/C16H24BrIO3/c1-14(2,9-18)10-21-13(20)15(3)7-11-5-4-6-12(19)16(11,17)8-15/h11H,4-10H2,1-3H3/t11-,15?,16-/m0/s1. The molecule has 1 unspecified atom stereocenters. The molecule has 2 aliphatic rings. The SMILES string of the molecule is CC(C)(CI)COC(=O)C1(C)C[C@@H]2CCCC(=O)[C@]2(Br)C1. The van der Waals surface area contributed by atoms with Gasteiger partial charge in [-0.1, -0.05) is 52.4 Å².